The Labute approximate surface area is 54.0 Å². The molecule has 3 nitrogen and oxygen atoms in total. The molecule has 1 unspecified atom stereocenters. The highest BCUT2D eigenvalue weighted by Gasteiger charge is 2.08. The first-order valence-electron chi connectivity index (χ1n) is 2.87. The second-order valence-electron chi connectivity index (χ2n) is 2.00. The van der Waals surface area contributed by atoms with Crippen LogP contribution in [0, 0.1) is 0 Å². The van der Waals surface area contributed by atoms with Gasteiger partial charge in [0.05, 0.1) is 6.04 Å². The van der Waals surface area contributed by atoms with Crippen molar-refractivity contribution < 1.29 is 5.21 Å². The molecule has 0 fully saturated rings. The Morgan fingerprint density at radius 2 is 2.33 bits per heavy atom. The maximum atomic E-state index is 8.70. The number of hydrogen-bond acceptors (Lipinski definition) is 3. The van der Waals surface area contributed by atoms with Gasteiger partial charge in [0.25, 0.3) is 0 Å². The van der Waals surface area contributed by atoms with Crippen molar-refractivity contribution in [2.75, 3.05) is 0 Å². The number of hydrogen-bond donors (Lipinski definition) is 2. The summed E-state index contributed by atoms with van der Waals surface area (Å²) in [5.74, 6) is 5.07. The summed E-state index contributed by atoms with van der Waals surface area (Å²) in [5.41, 5.74) is 0. The number of nitrogens with zero attached hydrogens (tertiary/aromatic N) is 1. The lowest BCUT2D eigenvalue weighted by Crippen LogP contribution is -2.36. The second kappa shape index (κ2) is 2.77. The molecule has 0 spiro atoms. The van der Waals surface area contributed by atoms with Crippen LogP contribution in [0.1, 0.15) is 6.42 Å². The summed E-state index contributed by atoms with van der Waals surface area (Å²) >= 11 is 0. The van der Waals surface area contributed by atoms with Gasteiger partial charge in [-0.2, -0.15) is 0 Å². The average Bonchev–Trinajstić information content (AvgIpc) is 1.90. The van der Waals surface area contributed by atoms with Crippen LogP contribution in [-0.2, 0) is 0 Å². The molecular formula is C6H10N2O. The molecule has 1 atom stereocenters. The maximum absolute atomic E-state index is 8.70. The maximum Gasteiger partial charge on any atom is 0.0725 e. The predicted molar refractivity (Wildman–Crippen MR) is 34.5 cm³/mol. The molecule has 50 valence electrons. The van der Waals surface area contributed by atoms with Gasteiger partial charge in [-0.15, -0.1) is 5.17 Å². The SMILES string of the molecule is NN(O)C1C=CC=CC1. The van der Waals surface area contributed by atoms with Crippen LogP contribution in [0.5, 0.6) is 0 Å². The fourth-order valence-corrected chi connectivity index (χ4v) is 0.764. The van der Waals surface area contributed by atoms with Crippen LogP contribution in [0.15, 0.2) is 24.3 Å². The predicted octanol–water partition coefficient (Wildman–Crippen LogP) is 0.436. The van der Waals surface area contributed by atoms with E-state index in [4.69, 9.17) is 11.0 Å². The van der Waals surface area contributed by atoms with E-state index >= 15 is 0 Å². The number of allylic oxidation sites excluding steroid dienone is 2. The molecule has 1 aliphatic rings. The molecule has 0 aromatic rings. The van der Waals surface area contributed by atoms with Crippen molar-refractivity contribution in [2.24, 2.45) is 5.84 Å². The van der Waals surface area contributed by atoms with Gasteiger partial charge in [0.2, 0.25) is 0 Å². The Bertz CT molecular complexity index is 140. The van der Waals surface area contributed by atoms with Crippen LogP contribution in [0.25, 0.3) is 0 Å². The Morgan fingerprint density at radius 3 is 2.67 bits per heavy atom. The van der Waals surface area contributed by atoms with E-state index < -0.39 is 0 Å². The zero-order valence-electron chi connectivity index (χ0n) is 5.07. The molecule has 0 saturated carbocycles. The first-order chi connectivity index (χ1) is 4.30. The number of rotatable bonds is 1. The smallest absolute Gasteiger partial charge is 0.0725 e. The molecular weight excluding hydrogens is 116 g/mol. The molecule has 0 aromatic heterocycles. The third-order valence-electron chi connectivity index (χ3n) is 1.30. The molecule has 3 N–H and O–H groups in total. The first kappa shape index (κ1) is 6.48. The minimum atomic E-state index is -0.0463. The topological polar surface area (TPSA) is 49.5 Å². The lowest BCUT2D eigenvalue weighted by molar-refractivity contribution is -0.115. The minimum absolute atomic E-state index is 0.0463. The van der Waals surface area contributed by atoms with Crippen LogP contribution in [0.4, 0.5) is 0 Å². The summed E-state index contributed by atoms with van der Waals surface area (Å²) in [7, 11) is 0. The molecule has 0 aromatic carbocycles. The van der Waals surface area contributed by atoms with Gasteiger partial charge in [0, 0.05) is 0 Å². The number of hydroxylamine groups is 1. The van der Waals surface area contributed by atoms with Crippen molar-refractivity contribution in [3.63, 3.8) is 0 Å². The lowest BCUT2D eigenvalue weighted by Gasteiger charge is -2.17. The summed E-state index contributed by atoms with van der Waals surface area (Å²) in [4.78, 5) is 0. The van der Waals surface area contributed by atoms with Crippen molar-refractivity contribution in [3.05, 3.63) is 24.3 Å². The van der Waals surface area contributed by atoms with Crippen molar-refractivity contribution in [1.29, 1.82) is 0 Å². The van der Waals surface area contributed by atoms with Crippen molar-refractivity contribution in [2.45, 2.75) is 12.5 Å². The van der Waals surface area contributed by atoms with E-state index in [9.17, 15) is 0 Å². The van der Waals surface area contributed by atoms with Crippen molar-refractivity contribution in [3.8, 4) is 0 Å². The largest absolute Gasteiger partial charge is 0.299 e. The molecule has 0 aliphatic heterocycles. The zero-order valence-corrected chi connectivity index (χ0v) is 5.07. The van der Waals surface area contributed by atoms with Crippen molar-refractivity contribution >= 4 is 0 Å². The highest BCUT2D eigenvalue weighted by Crippen LogP contribution is 2.05. The molecule has 0 heterocycles. The van der Waals surface area contributed by atoms with Gasteiger partial charge in [0.1, 0.15) is 0 Å². The number of nitrogens with two attached hydrogens (primary N) is 1. The molecule has 1 rings (SSSR count). The van der Waals surface area contributed by atoms with Crippen LogP contribution in [-0.4, -0.2) is 16.4 Å². The Morgan fingerprint density at radius 1 is 1.56 bits per heavy atom. The summed E-state index contributed by atoms with van der Waals surface area (Å²) in [6.07, 6.45) is 8.38. The molecule has 0 bridgehead atoms. The lowest BCUT2D eigenvalue weighted by atomic mass is 10.1. The molecule has 3 heteroatoms. The molecule has 1 aliphatic carbocycles. The molecule has 0 saturated heterocycles. The first-order valence-corrected chi connectivity index (χ1v) is 2.87. The highest BCUT2D eigenvalue weighted by molar-refractivity contribution is 5.12. The van der Waals surface area contributed by atoms with Gasteiger partial charge >= 0.3 is 0 Å². The van der Waals surface area contributed by atoms with Gasteiger partial charge < -0.3 is 0 Å². The van der Waals surface area contributed by atoms with E-state index in [1.54, 1.807) is 0 Å². The zero-order chi connectivity index (χ0) is 6.69. The van der Waals surface area contributed by atoms with Gasteiger partial charge in [-0.1, -0.05) is 24.3 Å². The standard InChI is InChI=1S/C6H10N2O/c7-8(9)6-4-2-1-3-5-6/h1-4,6,9H,5,7H2. The minimum Gasteiger partial charge on any atom is -0.299 e. The Hall–Kier alpha value is -0.640. The quantitative estimate of drug-likeness (QED) is 0.396. The van der Waals surface area contributed by atoms with Gasteiger partial charge in [0.15, 0.2) is 0 Å². The van der Waals surface area contributed by atoms with Gasteiger partial charge in [-0.3, -0.25) is 5.21 Å². The third-order valence-corrected chi connectivity index (χ3v) is 1.30. The highest BCUT2D eigenvalue weighted by atomic mass is 16.5. The third kappa shape index (κ3) is 1.64. The Balaban J connectivity index is 2.46. The second-order valence-corrected chi connectivity index (χ2v) is 2.00. The summed E-state index contributed by atoms with van der Waals surface area (Å²) in [5, 5.41) is 9.43. The summed E-state index contributed by atoms with van der Waals surface area (Å²) < 4.78 is 0. The average molecular weight is 126 g/mol. The molecule has 9 heavy (non-hydrogen) atoms. The van der Waals surface area contributed by atoms with Gasteiger partial charge in [-0.25, -0.2) is 5.84 Å². The van der Waals surface area contributed by atoms with Crippen LogP contribution >= 0.6 is 0 Å². The molecule has 0 radical (unpaired) electrons. The van der Waals surface area contributed by atoms with Gasteiger partial charge in [-0.05, 0) is 6.42 Å². The Kier molecular flexibility index (Phi) is 2.00. The monoisotopic (exact) mass is 126 g/mol. The van der Waals surface area contributed by atoms with E-state index in [-0.39, 0.29) is 6.04 Å². The summed E-state index contributed by atoms with van der Waals surface area (Å²) in [6, 6.07) is -0.0463. The van der Waals surface area contributed by atoms with E-state index in [1.165, 1.54) is 0 Å². The fourth-order valence-electron chi connectivity index (χ4n) is 0.764. The number of hydrazine groups is 1. The summed E-state index contributed by atoms with van der Waals surface area (Å²) in [6.45, 7) is 0. The normalized spacial score (nSPS) is 25.4. The van der Waals surface area contributed by atoms with Crippen LogP contribution in [0.3, 0.4) is 0 Å². The van der Waals surface area contributed by atoms with E-state index in [2.05, 4.69) is 0 Å². The van der Waals surface area contributed by atoms with Crippen LogP contribution < -0.4 is 5.84 Å². The van der Waals surface area contributed by atoms with Crippen LogP contribution in [0.2, 0.25) is 0 Å². The van der Waals surface area contributed by atoms with E-state index in [0.717, 1.165) is 11.6 Å². The molecule has 0 amide bonds. The van der Waals surface area contributed by atoms with Crippen molar-refractivity contribution in [1.82, 2.24) is 5.17 Å². The van der Waals surface area contributed by atoms with E-state index in [0.29, 0.717) is 0 Å². The van der Waals surface area contributed by atoms with E-state index in [1.807, 2.05) is 24.3 Å². The fraction of sp³-hybridized carbons (Fsp3) is 0.333.